The topological polar surface area (TPSA) is 106 Å². The zero-order chi connectivity index (χ0) is 16.3. The first-order valence-corrected chi connectivity index (χ1v) is 6.54. The van der Waals surface area contributed by atoms with Crippen molar-refractivity contribution in [3.8, 4) is 11.4 Å². The van der Waals surface area contributed by atoms with E-state index in [1.807, 2.05) is 0 Å². The molecule has 1 heterocycles. The van der Waals surface area contributed by atoms with Crippen LogP contribution in [0.15, 0.2) is 24.3 Å². The summed E-state index contributed by atoms with van der Waals surface area (Å²) in [6.45, 7) is 3.06. The van der Waals surface area contributed by atoms with Crippen molar-refractivity contribution in [2.45, 2.75) is 19.9 Å². The number of hydrogen-bond donors (Lipinski definition) is 2. The maximum absolute atomic E-state index is 12.0. The van der Waals surface area contributed by atoms with Crippen LogP contribution in [-0.4, -0.2) is 45.1 Å². The molecule has 0 spiro atoms. The van der Waals surface area contributed by atoms with Gasteiger partial charge < -0.3 is 15.2 Å². The van der Waals surface area contributed by atoms with Crippen LogP contribution < -0.4 is 10.1 Å². The Morgan fingerprint density at radius 3 is 2.50 bits per heavy atom. The number of aliphatic carboxylic acids is 1. The number of rotatable bonds is 5. The number of carboxylic acid groups (broad SMARTS) is 1. The smallest absolute Gasteiger partial charge is 0.325 e. The van der Waals surface area contributed by atoms with Crippen molar-refractivity contribution in [3.63, 3.8) is 0 Å². The van der Waals surface area contributed by atoms with Gasteiger partial charge in [0.05, 0.1) is 18.5 Å². The van der Waals surface area contributed by atoms with Gasteiger partial charge in [0.1, 0.15) is 11.8 Å². The third kappa shape index (κ3) is 3.05. The predicted molar refractivity (Wildman–Crippen MR) is 77.2 cm³/mol. The summed E-state index contributed by atoms with van der Waals surface area (Å²) in [5.74, 6) is -0.990. The number of ether oxygens (including phenoxy) is 1. The van der Waals surface area contributed by atoms with E-state index in [0.29, 0.717) is 11.4 Å². The largest absolute Gasteiger partial charge is 0.497 e. The molecule has 0 aliphatic heterocycles. The Morgan fingerprint density at radius 2 is 1.95 bits per heavy atom. The lowest BCUT2D eigenvalue weighted by Gasteiger charge is -2.08. The van der Waals surface area contributed by atoms with Gasteiger partial charge in [0.15, 0.2) is 5.69 Å². The summed E-state index contributed by atoms with van der Waals surface area (Å²) in [5.41, 5.74) is 1.32. The molecule has 1 atom stereocenters. The molecule has 0 radical (unpaired) electrons. The molecule has 0 aliphatic rings. The second kappa shape index (κ2) is 6.25. The van der Waals surface area contributed by atoms with Gasteiger partial charge in [-0.15, -0.1) is 5.10 Å². The highest BCUT2D eigenvalue weighted by Gasteiger charge is 2.21. The van der Waals surface area contributed by atoms with Crippen molar-refractivity contribution in [1.82, 2.24) is 20.3 Å². The van der Waals surface area contributed by atoms with Crippen molar-refractivity contribution < 1.29 is 19.4 Å². The fourth-order valence-corrected chi connectivity index (χ4v) is 1.83. The molecular formula is C14H16N4O4. The van der Waals surface area contributed by atoms with Gasteiger partial charge in [-0.05, 0) is 38.1 Å². The van der Waals surface area contributed by atoms with E-state index in [9.17, 15) is 9.59 Å². The number of nitrogens with one attached hydrogen (secondary N) is 1. The van der Waals surface area contributed by atoms with Gasteiger partial charge in [0, 0.05) is 0 Å². The van der Waals surface area contributed by atoms with Crippen LogP contribution >= 0.6 is 0 Å². The number of aromatic nitrogens is 3. The van der Waals surface area contributed by atoms with Crippen LogP contribution in [0.5, 0.6) is 5.75 Å². The minimum Gasteiger partial charge on any atom is -0.497 e. The van der Waals surface area contributed by atoms with Crippen LogP contribution in [0, 0.1) is 6.92 Å². The average molecular weight is 304 g/mol. The molecule has 0 fully saturated rings. The van der Waals surface area contributed by atoms with Crippen molar-refractivity contribution >= 4 is 11.9 Å². The molecule has 2 N–H and O–H groups in total. The van der Waals surface area contributed by atoms with E-state index in [0.717, 1.165) is 5.69 Å². The van der Waals surface area contributed by atoms with E-state index in [2.05, 4.69) is 15.6 Å². The minimum atomic E-state index is -1.12. The normalized spacial score (nSPS) is 11.8. The second-order valence-electron chi connectivity index (χ2n) is 4.67. The number of amides is 1. The standard InChI is InChI=1S/C14H16N4O4/c1-8(14(20)21)15-13(19)12-9(2)18(17-16-12)10-4-6-11(22-3)7-5-10/h4-8H,1-3H3,(H,15,19)(H,20,21)/t8-/m1/s1. The van der Waals surface area contributed by atoms with Crippen molar-refractivity contribution in [2.24, 2.45) is 0 Å². The van der Waals surface area contributed by atoms with Gasteiger partial charge in [-0.3, -0.25) is 9.59 Å². The second-order valence-corrected chi connectivity index (χ2v) is 4.67. The molecule has 0 saturated carbocycles. The van der Waals surface area contributed by atoms with Gasteiger partial charge in [-0.2, -0.15) is 0 Å². The molecule has 1 amide bonds. The molecule has 8 heteroatoms. The van der Waals surface area contributed by atoms with Gasteiger partial charge in [0.2, 0.25) is 0 Å². The first-order valence-electron chi connectivity index (χ1n) is 6.54. The number of benzene rings is 1. The molecule has 8 nitrogen and oxygen atoms in total. The van der Waals surface area contributed by atoms with Crippen molar-refractivity contribution in [2.75, 3.05) is 7.11 Å². The fourth-order valence-electron chi connectivity index (χ4n) is 1.83. The summed E-state index contributed by atoms with van der Waals surface area (Å²) < 4.78 is 6.58. The monoisotopic (exact) mass is 304 g/mol. The van der Waals surface area contributed by atoms with Gasteiger partial charge >= 0.3 is 5.97 Å². The average Bonchev–Trinajstić information content (AvgIpc) is 2.89. The van der Waals surface area contributed by atoms with E-state index >= 15 is 0 Å². The Bertz CT molecular complexity index is 693. The van der Waals surface area contributed by atoms with Gasteiger partial charge in [0.25, 0.3) is 5.91 Å². The summed E-state index contributed by atoms with van der Waals surface area (Å²) in [5, 5.41) is 18.9. The Labute approximate surface area is 126 Å². The number of methoxy groups -OCH3 is 1. The highest BCUT2D eigenvalue weighted by molar-refractivity contribution is 5.95. The molecule has 0 unspecified atom stereocenters. The maximum atomic E-state index is 12.0. The molecule has 1 aromatic carbocycles. The van der Waals surface area contributed by atoms with E-state index in [4.69, 9.17) is 9.84 Å². The summed E-state index contributed by atoms with van der Waals surface area (Å²) in [4.78, 5) is 22.8. The summed E-state index contributed by atoms with van der Waals surface area (Å²) in [6.07, 6.45) is 0. The van der Waals surface area contributed by atoms with E-state index in [-0.39, 0.29) is 5.69 Å². The van der Waals surface area contributed by atoms with Crippen molar-refractivity contribution in [3.05, 3.63) is 35.7 Å². The lowest BCUT2D eigenvalue weighted by Crippen LogP contribution is -2.38. The Morgan fingerprint density at radius 1 is 1.32 bits per heavy atom. The Hall–Kier alpha value is -2.90. The third-order valence-electron chi connectivity index (χ3n) is 3.14. The molecule has 2 aromatic rings. The minimum absolute atomic E-state index is 0.0870. The molecular weight excluding hydrogens is 288 g/mol. The number of carboxylic acids is 1. The zero-order valence-corrected chi connectivity index (χ0v) is 12.4. The summed E-state index contributed by atoms with van der Waals surface area (Å²) >= 11 is 0. The first-order chi connectivity index (χ1) is 10.4. The SMILES string of the molecule is COc1ccc(-n2nnc(C(=O)N[C@H](C)C(=O)O)c2C)cc1. The number of nitrogens with zero attached hydrogens (tertiary/aromatic N) is 3. The molecule has 0 saturated heterocycles. The van der Waals surface area contributed by atoms with Gasteiger partial charge in [-0.1, -0.05) is 5.21 Å². The number of carbonyl (C=O) groups excluding carboxylic acids is 1. The molecule has 1 aromatic heterocycles. The molecule has 22 heavy (non-hydrogen) atoms. The van der Waals surface area contributed by atoms with E-state index < -0.39 is 17.9 Å². The molecule has 116 valence electrons. The molecule has 2 rings (SSSR count). The van der Waals surface area contributed by atoms with Crippen LogP contribution in [0.1, 0.15) is 23.1 Å². The highest BCUT2D eigenvalue weighted by Crippen LogP contribution is 2.16. The number of carbonyl (C=O) groups is 2. The molecule has 0 aliphatic carbocycles. The zero-order valence-electron chi connectivity index (χ0n) is 12.4. The summed E-state index contributed by atoms with van der Waals surface area (Å²) in [6, 6.07) is 6.09. The molecule has 0 bridgehead atoms. The van der Waals surface area contributed by atoms with E-state index in [1.54, 1.807) is 38.3 Å². The van der Waals surface area contributed by atoms with Crippen LogP contribution in [-0.2, 0) is 4.79 Å². The quantitative estimate of drug-likeness (QED) is 0.845. The number of hydrogen-bond acceptors (Lipinski definition) is 5. The Balaban J connectivity index is 2.25. The lowest BCUT2D eigenvalue weighted by molar-refractivity contribution is -0.138. The van der Waals surface area contributed by atoms with Crippen LogP contribution in [0.2, 0.25) is 0 Å². The Kier molecular flexibility index (Phi) is 4.40. The first kappa shape index (κ1) is 15.5. The fraction of sp³-hybridized carbons (Fsp3) is 0.286. The third-order valence-corrected chi connectivity index (χ3v) is 3.14. The highest BCUT2D eigenvalue weighted by atomic mass is 16.5. The van der Waals surface area contributed by atoms with Crippen molar-refractivity contribution in [1.29, 1.82) is 0 Å². The maximum Gasteiger partial charge on any atom is 0.325 e. The predicted octanol–water partition coefficient (Wildman–Crippen LogP) is 0.787. The van der Waals surface area contributed by atoms with Crippen LogP contribution in [0.4, 0.5) is 0 Å². The lowest BCUT2D eigenvalue weighted by atomic mass is 10.2. The van der Waals surface area contributed by atoms with Crippen LogP contribution in [0.25, 0.3) is 5.69 Å². The van der Waals surface area contributed by atoms with E-state index in [1.165, 1.54) is 11.6 Å². The summed E-state index contributed by atoms with van der Waals surface area (Å²) in [7, 11) is 1.57. The van der Waals surface area contributed by atoms with Gasteiger partial charge in [-0.25, -0.2) is 4.68 Å². The van der Waals surface area contributed by atoms with Crippen LogP contribution in [0.3, 0.4) is 0 Å².